The Morgan fingerprint density at radius 3 is 2.57 bits per heavy atom. The number of ether oxygens (including phenoxy) is 1. The second-order valence-electron chi connectivity index (χ2n) is 6.90. The van der Waals surface area contributed by atoms with Crippen molar-refractivity contribution < 1.29 is 28.9 Å². The lowest BCUT2D eigenvalue weighted by Gasteiger charge is -2.16. The third kappa shape index (κ3) is 6.71. The van der Waals surface area contributed by atoms with Crippen molar-refractivity contribution in [2.45, 2.75) is 30.8 Å². The van der Waals surface area contributed by atoms with Gasteiger partial charge in [0.15, 0.2) is 0 Å². The molecule has 2 rings (SSSR count). The molecule has 3 amide bonds. The van der Waals surface area contributed by atoms with Gasteiger partial charge in [-0.05, 0) is 32.3 Å². The number of anilines is 1. The molecule has 10 heteroatoms. The fourth-order valence-corrected chi connectivity index (χ4v) is 2.77. The molecule has 1 fully saturated rings. The lowest BCUT2D eigenvalue weighted by molar-refractivity contribution is -0.125. The van der Waals surface area contributed by atoms with Gasteiger partial charge in [0.05, 0.1) is 12.5 Å². The molecule has 0 saturated carbocycles. The number of carbonyl (C=O) groups excluding carboxylic acids is 2. The fraction of sp³-hybridized carbons (Fsp3) is 0.556. The van der Waals surface area contributed by atoms with Crippen LogP contribution in [0.4, 0.5) is 14.9 Å². The number of nitrogens with zero attached hydrogens (tertiary/aromatic N) is 1. The molecule has 4 unspecified atom stereocenters. The zero-order valence-corrected chi connectivity index (χ0v) is 15.9. The van der Waals surface area contributed by atoms with E-state index in [1.807, 2.05) is 19.0 Å². The number of nitrogens with one attached hydrogen (secondary N) is 3. The molecule has 1 aromatic rings. The van der Waals surface area contributed by atoms with Crippen LogP contribution in [-0.4, -0.2) is 85.2 Å². The zero-order valence-electron chi connectivity index (χ0n) is 15.9. The van der Waals surface area contributed by atoms with Crippen molar-refractivity contribution in [1.82, 2.24) is 15.5 Å². The molecule has 4 atom stereocenters. The number of rotatable bonds is 8. The standard InChI is InChI=1S/C18H27FN4O5/c1-23(2)7-6-20-15(24)9-13-16(25)17(26)14(28-13)10-21-18(27)22-12-5-3-4-11(19)8-12/h3-5,8,13-14,16-17,25-26H,6-7,9-10H2,1-2H3,(H,20,24)(H2,21,22,27). The third-order valence-electron chi connectivity index (χ3n) is 4.28. The monoisotopic (exact) mass is 398 g/mol. The first kappa shape index (κ1) is 22.0. The van der Waals surface area contributed by atoms with E-state index in [4.69, 9.17) is 4.74 Å². The number of amides is 3. The highest BCUT2D eigenvalue weighted by atomic mass is 19.1. The van der Waals surface area contributed by atoms with Crippen molar-refractivity contribution in [2.75, 3.05) is 39.0 Å². The minimum Gasteiger partial charge on any atom is -0.388 e. The highest BCUT2D eigenvalue weighted by Crippen LogP contribution is 2.23. The Kier molecular flexibility index (Phi) is 8.12. The van der Waals surface area contributed by atoms with E-state index in [0.717, 1.165) is 6.07 Å². The summed E-state index contributed by atoms with van der Waals surface area (Å²) in [5.74, 6) is -0.780. The SMILES string of the molecule is CN(C)CCNC(=O)CC1OC(CNC(=O)Nc2cccc(F)c2)C(O)C1O. The van der Waals surface area contributed by atoms with E-state index >= 15 is 0 Å². The van der Waals surface area contributed by atoms with Crippen molar-refractivity contribution in [2.24, 2.45) is 0 Å². The van der Waals surface area contributed by atoms with Gasteiger partial charge in [0.2, 0.25) is 5.91 Å². The molecular formula is C18H27FN4O5. The van der Waals surface area contributed by atoms with Gasteiger partial charge in [0.1, 0.15) is 24.1 Å². The Hall–Kier alpha value is -2.27. The summed E-state index contributed by atoms with van der Waals surface area (Å²) in [5, 5.41) is 27.8. The van der Waals surface area contributed by atoms with Crippen LogP contribution in [0.1, 0.15) is 6.42 Å². The summed E-state index contributed by atoms with van der Waals surface area (Å²) in [6, 6.07) is 4.79. The fourth-order valence-electron chi connectivity index (χ4n) is 2.77. The topological polar surface area (TPSA) is 123 Å². The average molecular weight is 398 g/mol. The smallest absolute Gasteiger partial charge is 0.319 e. The first-order chi connectivity index (χ1) is 13.3. The minimum atomic E-state index is -1.24. The number of urea groups is 1. The van der Waals surface area contributed by atoms with Crippen molar-refractivity contribution in [3.8, 4) is 0 Å². The Morgan fingerprint density at radius 2 is 1.89 bits per heavy atom. The van der Waals surface area contributed by atoms with E-state index < -0.39 is 36.3 Å². The van der Waals surface area contributed by atoms with Gasteiger partial charge in [0, 0.05) is 25.3 Å². The molecule has 0 spiro atoms. The number of halogens is 1. The maximum Gasteiger partial charge on any atom is 0.319 e. The molecule has 1 aliphatic heterocycles. The molecule has 1 aliphatic rings. The van der Waals surface area contributed by atoms with Crippen molar-refractivity contribution in [3.63, 3.8) is 0 Å². The largest absolute Gasteiger partial charge is 0.388 e. The zero-order chi connectivity index (χ0) is 20.7. The molecule has 1 aromatic carbocycles. The minimum absolute atomic E-state index is 0.0852. The maximum atomic E-state index is 13.1. The highest BCUT2D eigenvalue weighted by molar-refractivity contribution is 5.89. The van der Waals surface area contributed by atoms with Crippen LogP contribution >= 0.6 is 0 Å². The van der Waals surface area contributed by atoms with Gasteiger partial charge in [-0.3, -0.25) is 4.79 Å². The van der Waals surface area contributed by atoms with Crippen LogP contribution in [0.15, 0.2) is 24.3 Å². The average Bonchev–Trinajstić information content (AvgIpc) is 2.87. The van der Waals surface area contributed by atoms with Gasteiger partial charge in [-0.15, -0.1) is 0 Å². The predicted octanol–water partition coefficient (Wildman–Crippen LogP) is -0.496. The van der Waals surface area contributed by atoms with Gasteiger partial charge >= 0.3 is 6.03 Å². The summed E-state index contributed by atoms with van der Waals surface area (Å²) in [5.41, 5.74) is 0.276. The highest BCUT2D eigenvalue weighted by Gasteiger charge is 2.43. The van der Waals surface area contributed by atoms with Crippen LogP contribution in [0.3, 0.4) is 0 Å². The summed E-state index contributed by atoms with van der Waals surface area (Å²) >= 11 is 0. The van der Waals surface area contributed by atoms with E-state index in [2.05, 4.69) is 16.0 Å². The van der Waals surface area contributed by atoms with Gasteiger partial charge < -0.3 is 35.8 Å². The number of hydrogen-bond donors (Lipinski definition) is 5. The van der Waals surface area contributed by atoms with E-state index in [1.54, 1.807) is 0 Å². The number of aliphatic hydroxyl groups excluding tert-OH is 2. The van der Waals surface area contributed by atoms with E-state index in [1.165, 1.54) is 18.2 Å². The summed E-state index contributed by atoms with van der Waals surface area (Å²) in [4.78, 5) is 25.7. The predicted molar refractivity (Wildman–Crippen MR) is 100 cm³/mol. The van der Waals surface area contributed by atoms with Gasteiger partial charge in [-0.25, -0.2) is 9.18 Å². The molecule has 28 heavy (non-hydrogen) atoms. The second kappa shape index (κ2) is 10.3. The molecular weight excluding hydrogens is 371 g/mol. The Bertz CT molecular complexity index is 675. The van der Waals surface area contributed by atoms with Crippen LogP contribution in [0, 0.1) is 5.82 Å². The molecule has 1 saturated heterocycles. The van der Waals surface area contributed by atoms with Crippen molar-refractivity contribution in [1.29, 1.82) is 0 Å². The van der Waals surface area contributed by atoms with Gasteiger partial charge in [-0.1, -0.05) is 6.07 Å². The first-order valence-corrected chi connectivity index (χ1v) is 8.99. The number of carbonyl (C=O) groups is 2. The Morgan fingerprint density at radius 1 is 1.18 bits per heavy atom. The van der Waals surface area contributed by atoms with Gasteiger partial charge in [-0.2, -0.15) is 0 Å². The number of aliphatic hydroxyl groups is 2. The molecule has 0 radical (unpaired) electrons. The van der Waals surface area contributed by atoms with Crippen molar-refractivity contribution in [3.05, 3.63) is 30.1 Å². The Balaban J connectivity index is 1.76. The van der Waals surface area contributed by atoms with Crippen LogP contribution in [0.5, 0.6) is 0 Å². The molecule has 5 N–H and O–H groups in total. The number of likely N-dealkylation sites (N-methyl/N-ethyl adjacent to an activating group) is 1. The van der Waals surface area contributed by atoms with Crippen molar-refractivity contribution >= 4 is 17.6 Å². The molecule has 0 aliphatic carbocycles. The first-order valence-electron chi connectivity index (χ1n) is 8.99. The summed E-state index contributed by atoms with van der Waals surface area (Å²) in [7, 11) is 3.77. The quantitative estimate of drug-likeness (QED) is 0.403. The summed E-state index contributed by atoms with van der Waals surface area (Å²) < 4.78 is 18.7. The third-order valence-corrected chi connectivity index (χ3v) is 4.28. The van der Waals surface area contributed by atoms with Gasteiger partial charge in [0.25, 0.3) is 0 Å². The normalized spacial score (nSPS) is 24.2. The maximum absolute atomic E-state index is 13.1. The lowest BCUT2D eigenvalue weighted by atomic mass is 10.1. The molecule has 156 valence electrons. The van der Waals surface area contributed by atoms with Crippen LogP contribution < -0.4 is 16.0 Å². The van der Waals surface area contributed by atoms with E-state index in [-0.39, 0.29) is 24.6 Å². The molecule has 9 nitrogen and oxygen atoms in total. The molecule has 1 heterocycles. The van der Waals surface area contributed by atoms with Crippen LogP contribution in [0.25, 0.3) is 0 Å². The van der Waals surface area contributed by atoms with E-state index in [0.29, 0.717) is 13.1 Å². The number of benzene rings is 1. The Labute approximate surface area is 162 Å². The van der Waals surface area contributed by atoms with Crippen LogP contribution in [-0.2, 0) is 9.53 Å². The number of hydrogen-bond acceptors (Lipinski definition) is 6. The summed E-state index contributed by atoms with van der Waals surface area (Å²) in [6.45, 7) is 1.05. The lowest BCUT2D eigenvalue weighted by Crippen LogP contribution is -2.41. The van der Waals surface area contributed by atoms with E-state index in [9.17, 15) is 24.2 Å². The summed E-state index contributed by atoms with van der Waals surface area (Å²) in [6.07, 6.45) is -4.32. The van der Waals surface area contributed by atoms with Crippen LogP contribution in [0.2, 0.25) is 0 Å². The molecule has 0 aromatic heterocycles. The second-order valence-corrected chi connectivity index (χ2v) is 6.90. The molecule has 0 bridgehead atoms.